The zero-order chi connectivity index (χ0) is 16.3. The Hall–Kier alpha value is -0.550. The van der Waals surface area contributed by atoms with Gasteiger partial charge in [0.05, 0.1) is 23.8 Å². The van der Waals surface area contributed by atoms with Gasteiger partial charge in [-0.05, 0) is 37.3 Å². The Morgan fingerprint density at radius 3 is 2.57 bits per heavy atom. The first-order valence-electron chi connectivity index (χ1n) is 8.38. The third kappa shape index (κ3) is 3.46. The maximum Gasteiger partial charge on any atom is 0.183 e. The van der Waals surface area contributed by atoms with Gasteiger partial charge in [-0.15, -0.1) is 11.8 Å². The zero-order valence-corrected chi connectivity index (χ0v) is 15.2. The lowest BCUT2D eigenvalue weighted by Crippen LogP contribution is -2.59. The van der Waals surface area contributed by atoms with Gasteiger partial charge in [0.25, 0.3) is 0 Å². The Labute approximate surface area is 147 Å². The average molecular weight is 354 g/mol. The molecule has 23 heavy (non-hydrogen) atoms. The minimum Gasteiger partial charge on any atom is -0.379 e. The molecule has 0 amide bonds. The maximum absolute atomic E-state index is 13.5. The third-order valence-electron chi connectivity index (χ3n) is 5.13. The van der Waals surface area contributed by atoms with E-state index in [1.54, 1.807) is 11.8 Å². The van der Waals surface area contributed by atoms with Crippen LogP contribution in [0.2, 0.25) is 5.02 Å². The number of ketones is 1. The van der Waals surface area contributed by atoms with Crippen LogP contribution in [-0.2, 0) is 4.74 Å². The molecule has 1 saturated carbocycles. The standard InChI is InChI=1S/C18H24ClNO2S/c1-23-16-13-14(5-6-15(16)19)17(21)18(7-3-2-4-8-18)20-9-11-22-12-10-20/h5-6,13H,2-4,7-12H2,1H3. The predicted molar refractivity (Wildman–Crippen MR) is 95.8 cm³/mol. The van der Waals surface area contributed by atoms with Crippen molar-refractivity contribution in [1.82, 2.24) is 4.90 Å². The summed E-state index contributed by atoms with van der Waals surface area (Å²) in [6.45, 7) is 3.17. The monoisotopic (exact) mass is 353 g/mol. The molecular weight excluding hydrogens is 330 g/mol. The largest absolute Gasteiger partial charge is 0.379 e. The molecule has 1 heterocycles. The van der Waals surface area contributed by atoms with Crippen molar-refractivity contribution in [3.05, 3.63) is 28.8 Å². The van der Waals surface area contributed by atoms with Crippen molar-refractivity contribution in [2.75, 3.05) is 32.6 Å². The number of morpholine rings is 1. The highest BCUT2D eigenvalue weighted by Gasteiger charge is 2.45. The number of thioether (sulfide) groups is 1. The molecule has 5 heteroatoms. The molecule has 0 N–H and O–H groups in total. The Bertz CT molecular complexity index is 566. The lowest BCUT2D eigenvalue weighted by Gasteiger charge is -2.46. The maximum atomic E-state index is 13.5. The van der Waals surface area contributed by atoms with Crippen molar-refractivity contribution in [3.8, 4) is 0 Å². The normalized spacial score (nSPS) is 22.0. The molecule has 1 aromatic carbocycles. The minimum absolute atomic E-state index is 0.270. The molecule has 3 rings (SSSR count). The number of halogens is 1. The molecule has 1 aromatic rings. The Balaban J connectivity index is 1.94. The van der Waals surface area contributed by atoms with Crippen LogP contribution < -0.4 is 0 Å². The number of benzene rings is 1. The summed E-state index contributed by atoms with van der Waals surface area (Å²) in [6.07, 6.45) is 7.41. The van der Waals surface area contributed by atoms with Crippen LogP contribution in [-0.4, -0.2) is 48.8 Å². The summed E-state index contributed by atoms with van der Waals surface area (Å²) >= 11 is 7.80. The number of hydrogen-bond donors (Lipinski definition) is 0. The van der Waals surface area contributed by atoms with Gasteiger partial charge in [-0.3, -0.25) is 9.69 Å². The number of carbonyl (C=O) groups is 1. The van der Waals surface area contributed by atoms with Crippen molar-refractivity contribution < 1.29 is 9.53 Å². The average Bonchev–Trinajstić information content (AvgIpc) is 2.63. The first kappa shape index (κ1) is 17.3. The summed E-state index contributed by atoms with van der Waals surface area (Å²) in [5.74, 6) is 0.270. The Kier molecular flexibility index (Phi) is 5.68. The summed E-state index contributed by atoms with van der Waals surface area (Å²) in [7, 11) is 0. The predicted octanol–water partition coefficient (Wildman–Crippen LogP) is 4.28. The van der Waals surface area contributed by atoms with E-state index in [4.69, 9.17) is 16.3 Å². The molecule has 1 saturated heterocycles. The van der Waals surface area contributed by atoms with Gasteiger partial charge in [0.15, 0.2) is 5.78 Å². The van der Waals surface area contributed by atoms with E-state index in [-0.39, 0.29) is 11.3 Å². The van der Waals surface area contributed by atoms with Crippen molar-refractivity contribution in [1.29, 1.82) is 0 Å². The fourth-order valence-corrected chi connectivity index (χ4v) is 4.74. The van der Waals surface area contributed by atoms with E-state index in [1.807, 2.05) is 24.5 Å². The van der Waals surface area contributed by atoms with Crippen LogP contribution in [0.5, 0.6) is 0 Å². The lowest BCUT2D eigenvalue weighted by molar-refractivity contribution is -0.0264. The molecule has 0 radical (unpaired) electrons. The number of rotatable bonds is 4. The molecular formula is C18H24ClNO2S. The summed E-state index contributed by atoms with van der Waals surface area (Å²) < 4.78 is 5.50. The fraction of sp³-hybridized carbons (Fsp3) is 0.611. The SMILES string of the molecule is CSc1cc(C(=O)C2(N3CCOCC3)CCCCC2)ccc1Cl. The van der Waals surface area contributed by atoms with Crippen LogP contribution in [0.3, 0.4) is 0 Å². The number of Topliss-reactive ketones (excluding diaryl/α,β-unsaturated/α-hetero) is 1. The summed E-state index contributed by atoms with van der Waals surface area (Å²) in [4.78, 5) is 16.8. The molecule has 1 aliphatic carbocycles. The topological polar surface area (TPSA) is 29.5 Å². The third-order valence-corrected chi connectivity index (χ3v) is 6.35. The van der Waals surface area contributed by atoms with E-state index in [9.17, 15) is 4.79 Å². The summed E-state index contributed by atoms with van der Waals surface area (Å²) in [6, 6.07) is 5.71. The summed E-state index contributed by atoms with van der Waals surface area (Å²) in [5.41, 5.74) is 0.457. The van der Waals surface area contributed by atoms with Gasteiger partial charge < -0.3 is 4.74 Å². The summed E-state index contributed by atoms with van der Waals surface area (Å²) in [5, 5.41) is 0.720. The van der Waals surface area contributed by atoms with E-state index in [2.05, 4.69) is 4.90 Å². The number of ether oxygens (including phenoxy) is 1. The van der Waals surface area contributed by atoms with Gasteiger partial charge in [0, 0.05) is 23.5 Å². The van der Waals surface area contributed by atoms with E-state index in [1.165, 1.54) is 6.42 Å². The highest BCUT2D eigenvalue weighted by Crippen LogP contribution is 2.38. The Morgan fingerprint density at radius 2 is 1.91 bits per heavy atom. The molecule has 2 fully saturated rings. The van der Waals surface area contributed by atoms with Crippen LogP contribution in [0, 0.1) is 0 Å². The van der Waals surface area contributed by atoms with E-state index >= 15 is 0 Å². The second kappa shape index (κ2) is 7.56. The molecule has 0 bridgehead atoms. The molecule has 126 valence electrons. The zero-order valence-electron chi connectivity index (χ0n) is 13.6. The molecule has 2 aliphatic rings. The number of nitrogens with zero attached hydrogens (tertiary/aromatic N) is 1. The van der Waals surface area contributed by atoms with Gasteiger partial charge >= 0.3 is 0 Å². The van der Waals surface area contributed by atoms with Crippen molar-refractivity contribution in [2.45, 2.75) is 42.5 Å². The van der Waals surface area contributed by atoms with Crippen molar-refractivity contribution in [3.63, 3.8) is 0 Å². The quantitative estimate of drug-likeness (QED) is 0.597. The smallest absolute Gasteiger partial charge is 0.183 e. The number of hydrogen-bond acceptors (Lipinski definition) is 4. The van der Waals surface area contributed by atoms with E-state index < -0.39 is 0 Å². The van der Waals surface area contributed by atoms with Gasteiger partial charge in [-0.25, -0.2) is 0 Å². The van der Waals surface area contributed by atoms with Gasteiger partial charge in [0.2, 0.25) is 0 Å². The minimum atomic E-state index is -0.342. The van der Waals surface area contributed by atoms with Gasteiger partial charge in [-0.1, -0.05) is 30.9 Å². The molecule has 0 spiro atoms. The van der Waals surface area contributed by atoms with Gasteiger partial charge in [-0.2, -0.15) is 0 Å². The first-order chi connectivity index (χ1) is 11.2. The van der Waals surface area contributed by atoms with Crippen molar-refractivity contribution in [2.24, 2.45) is 0 Å². The van der Waals surface area contributed by atoms with Crippen LogP contribution in [0.4, 0.5) is 0 Å². The molecule has 0 aromatic heterocycles. The Morgan fingerprint density at radius 1 is 1.22 bits per heavy atom. The molecule has 1 aliphatic heterocycles. The number of carbonyl (C=O) groups excluding carboxylic acids is 1. The van der Waals surface area contributed by atoms with Gasteiger partial charge in [0.1, 0.15) is 0 Å². The second-order valence-electron chi connectivity index (χ2n) is 6.37. The van der Waals surface area contributed by atoms with Crippen molar-refractivity contribution >= 4 is 29.1 Å². The van der Waals surface area contributed by atoms with E-state index in [0.29, 0.717) is 0 Å². The fourth-order valence-electron chi connectivity index (χ4n) is 3.88. The molecule has 3 nitrogen and oxygen atoms in total. The van der Waals surface area contributed by atoms with Crippen LogP contribution in [0.15, 0.2) is 23.1 Å². The molecule has 0 atom stereocenters. The highest BCUT2D eigenvalue weighted by molar-refractivity contribution is 7.98. The molecule has 0 unspecified atom stereocenters. The first-order valence-corrected chi connectivity index (χ1v) is 9.99. The second-order valence-corrected chi connectivity index (χ2v) is 7.63. The lowest BCUT2D eigenvalue weighted by atomic mass is 9.75. The van der Waals surface area contributed by atoms with Crippen LogP contribution in [0.25, 0.3) is 0 Å². The van der Waals surface area contributed by atoms with Crippen LogP contribution in [0.1, 0.15) is 42.5 Å². The van der Waals surface area contributed by atoms with E-state index in [0.717, 1.165) is 67.5 Å². The highest BCUT2D eigenvalue weighted by atomic mass is 35.5. The van der Waals surface area contributed by atoms with Crippen LogP contribution >= 0.6 is 23.4 Å².